The maximum Gasteiger partial charge on any atom is 0.249 e. The average molecular weight is 818 g/mol. The van der Waals surface area contributed by atoms with Crippen molar-refractivity contribution >= 4 is 5.91 Å². The molecule has 5 N–H and O–H groups in total. The number of hydrogen-bond acceptors (Lipinski definition) is 5. The Morgan fingerprint density at radius 1 is 0.414 bits per heavy atom. The van der Waals surface area contributed by atoms with Gasteiger partial charge in [0.25, 0.3) is 0 Å². The number of aliphatic hydroxyl groups excluding tert-OH is 4. The first kappa shape index (κ1) is 56.5. The highest BCUT2D eigenvalue weighted by Crippen LogP contribution is 2.16. The molecule has 6 nitrogen and oxygen atoms in total. The number of carbonyl (C=O) groups excluding carboxylic acids is 1. The van der Waals surface area contributed by atoms with E-state index in [1.165, 1.54) is 180 Å². The van der Waals surface area contributed by atoms with Gasteiger partial charge in [0.2, 0.25) is 5.91 Å². The van der Waals surface area contributed by atoms with Crippen molar-refractivity contribution in [2.45, 2.75) is 282 Å². The van der Waals surface area contributed by atoms with Gasteiger partial charge >= 0.3 is 0 Å². The molecule has 6 heteroatoms. The molecule has 1 amide bonds. The number of nitrogens with one attached hydrogen (secondary N) is 1. The fraction of sp³-hybridized carbons (Fsp3) is 0.865. The molecule has 0 aliphatic carbocycles. The Labute approximate surface area is 360 Å². The standard InChI is InChI=1S/C52H99NO5/c1-3-5-7-9-11-13-15-16-17-18-19-20-21-22-23-24-25-26-27-28-29-30-31-32-33-34-36-38-40-42-44-46-50(56)52(58)53-48(47-54)51(57)49(55)45-43-41-39-37-35-14-12-10-8-6-4-2/h10,12,22-23,37,39,48-51,54-57H,3-9,11,13-21,24-36,38,40-47H2,1-2H3,(H,53,58)/b12-10+,23-22-,39-37+. The number of amides is 1. The highest BCUT2D eigenvalue weighted by molar-refractivity contribution is 5.80. The number of carbonyl (C=O) groups is 1. The second-order valence-corrected chi connectivity index (χ2v) is 17.5. The van der Waals surface area contributed by atoms with Crippen molar-refractivity contribution in [1.82, 2.24) is 5.32 Å². The Hall–Kier alpha value is -1.47. The Morgan fingerprint density at radius 3 is 1.14 bits per heavy atom. The smallest absolute Gasteiger partial charge is 0.249 e. The maximum atomic E-state index is 12.5. The molecule has 58 heavy (non-hydrogen) atoms. The molecule has 0 aromatic carbocycles. The van der Waals surface area contributed by atoms with E-state index in [-0.39, 0.29) is 0 Å². The molecule has 0 saturated carbocycles. The highest BCUT2D eigenvalue weighted by Gasteiger charge is 2.28. The van der Waals surface area contributed by atoms with E-state index in [0.717, 1.165) is 44.9 Å². The molecule has 0 rings (SSSR count). The number of aliphatic hydroxyl groups is 4. The molecular weight excluding hydrogens is 719 g/mol. The molecular formula is C52H99NO5. The lowest BCUT2D eigenvalue weighted by Crippen LogP contribution is -2.53. The van der Waals surface area contributed by atoms with Crippen LogP contribution in [0.1, 0.15) is 258 Å². The van der Waals surface area contributed by atoms with Crippen LogP contribution < -0.4 is 5.32 Å². The molecule has 0 spiro atoms. The molecule has 0 bridgehead atoms. The van der Waals surface area contributed by atoms with E-state index >= 15 is 0 Å². The average Bonchev–Trinajstić information content (AvgIpc) is 3.23. The molecule has 0 heterocycles. The molecule has 342 valence electrons. The van der Waals surface area contributed by atoms with Crippen molar-refractivity contribution in [3.8, 4) is 0 Å². The zero-order valence-electron chi connectivity index (χ0n) is 38.5. The number of allylic oxidation sites excluding steroid dienone is 6. The van der Waals surface area contributed by atoms with Crippen molar-refractivity contribution in [2.75, 3.05) is 6.61 Å². The first-order valence-electron chi connectivity index (χ1n) is 25.4. The van der Waals surface area contributed by atoms with Crippen LogP contribution in [0, 0.1) is 0 Å². The van der Waals surface area contributed by atoms with Crippen LogP contribution in [0.4, 0.5) is 0 Å². The van der Waals surface area contributed by atoms with Gasteiger partial charge in [0, 0.05) is 0 Å². The second kappa shape index (κ2) is 46.6. The fourth-order valence-corrected chi connectivity index (χ4v) is 7.76. The Morgan fingerprint density at radius 2 is 0.741 bits per heavy atom. The predicted molar refractivity (Wildman–Crippen MR) is 251 cm³/mol. The van der Waals surface area contributed by atoms with E-state index in [1.54, 1.807) is 0 Å². The zero-order chi connectivity index (χ0) is 42.4. The molecule has 4 unspecified atom stereocenters. The van der Waals surface area contributed by atoms with E-state index in [0.29, 0.717) is 19.3 Å². The predicted octanol–water partition coefficient (Wildman–Crippen LogP) is 14.1. The van der Waals surface area contributed by atoms with Gasteiger partial charge < -0.3 is 25.7 Å². The van der Waals surface area contributed by atoms with Gasteiger partial charge in [0.1, 0.15) is 12.2 Å². The van der Waals surface area contributed by atoms with Crippen LogP contribution in [-0.2, 0) is 4.79 Å². The van der Waals surface area contributed by atoms with Crippen LogP contribution >= 0.6 is 0 Å². The SMILES string of the molecule is CCCC/C=C/CC/C=C/CCCC(O)C(O)C(CO)NC(=O)C(O)CCCCCCCCCCCCCCCCC/C=C\CCCCCCCCCCCCCC. The van der Waals surface area contributed by atoms with Crippen molar-refractivity contribution in [3.05, 3.63) is 36.5 Å². The minimum atomic E-state index is -1.29. The Kier molecular flexibility index (Phi) is 45.4. The van der Waals surface area contributed by atoms with E-state index in [9.17, 15) is 25.2 Å². The van der Waals surface area contributed by atoms with Crippen molar-refractivity contribution in [2.24, 2.45) is 0 Å². The summed E-state index contributed by atoms with van der Waals surface area (Å²) in [6.45, 7) is 3.99. The first-order chi connectivity index (χ1) is 28.5. The van der Waals surface area contributed by atoms with Gasteiger partial charge in [-0.15, -0.1) is 0 Å². The summed E-state index contributed by atoms with van der Waals surface area (Å²) in [6.07, 6.45) is 56.5. The summed E-state index contributed by atoms with van der Waals surface area (Å²) < 4.78 is 0. The minimum Gasteiger partial charge on any atom is -0.394 e. The fourth-order valence-electron chi connectivity index (χ4n) is 7.76. The highest BCUT2D eigenvalue weighted by atomic mass is 16.3. The molecule has 0 aromatic rings. The van der Waals surface area contributed by atoms with Gasteiger partial charge in [0.15, 0.2) is 0 Å². The van der Waals surface area contributed by atoms with Gasteiger partial charge in [-0.1, -0.05) is 224 Å². The first-order valence-corrected chi connectivity index (χ1v) is 25.4. The lowest BCUT2D eigenvalue weighted by Gasteiger charge is -2.27. The number of rotatable bonds is 46. The summed E-state index contributed by atoms with van der Waals surface area (Å²) in [5.41, 5.74) is 0. The molecule has 0 aliphatic rings. The Bertz CT molecular complexity index is 919. The molecule has 0 fully saturated rings. The normalized spacial score (nSPS) is 14.2. The van der Waals surface area contributed by atoms with Crippen molar-refractivity contribution in [3.63, 3.8) is 0 Å². The van der Waals surface area contributed by atoms with Crippen LogP contribution in [0.5, 0.6) is 0 Å². The molecule has 0 saturated heterocycles. The Balaban J connectivity index is 3.58. The van der Waals surface area contributed by atoms with Crippen LogP contribution in [0.25, 0.3) is 0 Å². The third kappa shape index (κ3) is 40.0. The van der Waals surface area contributed by atoms with Crippen LogP contribution in [0.3, 0.4) is 0 Å². The lowest BCUT2D eigenvalue weighted by atomic mass is 10.00. The third-order valence-electron chi connectivity index (χ3n) is 11.8. The van der Waals surface area contributed by atoms with Gasteiger partial charge in [-0.3, -0.25) is 4.79 Å². The van der Waals surface area contributed by atoms with Gasteiger partial charge in [0.05, 0.1) is 18.8 Å². The quantitative estimate of drug-likeness (QED) is 0.0310. The van der Waals surface area contributed by atoms with Crippen molar-refractivity contribution in [1.29, 1.82) is 0 Å². The van der Waals surface area contributed by atoms with Gasteiger partial charge in [-0.25, -0.2) is 0 Å². The maximum absolute atomic E-state index is 12.5. The number of hydrogen-bond donors (Lipinski definition) is 5. The van der Waals surface area contributed by atoms with Gasteiger partial charge in [-0.05, 0) is 70.6 Å². The van der Waals surface area contributed by atoms with E-state index < -0.39 is 36.9 Å². The second-order valence-electron chi connectivity index (χ2n) is 17.5. The topological polar surface area (TPSA) is 110 Å². The molecule has 0 aliphatic heterocycles. The monoisotopic (exact) mass is 818 g/mol. The summed E-state index contributed by atoms with van der Waals surface area (Å²) in [6, 6.07) is -1.01. The summed E-state index contributed by atoms with van der Waals surface area (Å²) in [4.78, 5) is 12.5. The summed E-state index contributed by atoms with van der Waals surface area (Å²) in [5, 5.41) is 43.6. The van der Waals surface area contributed by atoms with Crippen LogP contribution in [0.15, 0.2) is 36.5 Å². The van der Waals surface area contributed by atoms with Crippen LogP contribution in [0.2, 0.25) is 0 Å². The van der Waals surface area contributed by atoms with E-state index in [4.69, 9.17) is 0 Å². The van der Waals surface area contributed by atoms with E-state index in [2.05, 4.69) is 55.6 Å². The van der Waals surface area contributed by atoms with Gasteiger partial charge in [-0.2, -0.15) is 0 Å². The van der Waals surface area contributed by atoms with Crippen molar-refractivity contribution < 1.29 is 25.2 Å². The summed E-state index contributed by atoms with van der Waals surface area (Å²) >= 11 is 0. The van der Waals surface area contributed by atoms with E-state index in [1.807, 2.05) is 0 Å². The zero-order valence-corrected chi connectivity index (χ0v) is 38.5. The third-order valence-corrected chi connectivity index (χ3v) is 11.8. The molecule has 0 radical (unpaired) electrons. The molecule has 4 atom stereocenters. The summed E-state index contributed by atoms with van der Waals surface area (Å²) in [5.74, 6) is -0.597. The molecule has 0 aromatic heterocycles. The minimum absolute atomic E-state index is 0.361. The summed E-state index contributed by atoms with van der Waals surface area (Å²) in [7, 11) is 0. The lowest BCUT2D eigenvalue weighted by molar-refractivity contribution is -0.132. The van der Waals surface area contributed by atoms with Crippen LogP contribution in [-0.4, -0.2) is 57.3 Å². The number of unbranched alkanes of at least 4 members (excludes halogenated alkanes) is 31. The largest absolute Gasteiger partial charge is 0.394 e.